The monoisotopic (exact) mass is 344 g/mol. The van der Waals surface area contributed by atoms with Crippen LogP contribution in [0.3, 0.4) is 0 Å². The number of fused-ring (bicyclic) bond motifs is 2. The number of aliphatic imine (C=N–C) groups is 1. The van der Waals surface area contributed by atoms with Crippen LogP contribution in [0.4, 0.5) is 0 Å². The van der Waals surface area contributed by atoms with Gasteiger partial charge < -0.3 is 4.52 Å². The number of aryl methyl sites for hydroxylation is 2. The maximum Gasteiger partial charge on any atom is 0.256 e. The van der Waals surface area contributed by atoms with Crippen LogP contribution in [0.15, 0.2) is 9.52 Å². The number of carbonyl (C=O) groups is 1. The lowest BCUT2D eigenvalue weighted by atomic mass is 9.85. The maximum atomic E-state index is 13.2. The summed E-state index contributed by atoms with van der Waals surface area (Å²) >= 11 is 0. The largest absolute Gasteiger partial charge is 0.361 e. The smallest absolute Gasteiger partial charge is 0.256 e. The number of hydrogen-bond acceptors (Lipinski definition) is 5. The first-order valence-electron chi connectivity index (χ1n) is 9.55. The van der Waals surface area contributed by atoms with E-state index in [0.717, 1.165) is 62.7 Å². The molecule has 0 N–H and O–H groups in total. The van der Waals surface area contributed by atoms with E-state index in [1.165, 1.54) is 5.56 Å². The van der Waals surface area contributed by atoms with Gasteiger partial charge >= 0.3 is 0 Å². The molecule has 0 aromatic carbocycles. The highest BCUT2D eigenvalue weighted by Crippen LogP contribution is 2.50. The number of nitrogens with zero attached hydrogens (tertiary/aromatic N) is 4. The van der Waals surface area contributed by atoms with E-state index in [4.69, 9.17) is 9.52 Å². The highest BCUT2D eigenvalue weighted by molar-refractivity contribution is 6.08. The molecule has 2 aliphatic heterocycles. The van der Waals surface area contributed by atoms with Crippen molar-refractivity contribution in [2.45, 2.75) is 59.0 Å². The fourth-order valence-electron chi connectivity index (χ4n) is 5.16. The highest BCUT2D eigenvalue weighted by atomic mass is 16.5. The molecule has 6 heteroatoms. The summed E-state index contributed by atoms with van der Waals surface area (Å²) in [5.74, 6) is 3.06. The predicted molar refractivity (Wildman–Crippen MR) is 95.3 cm³/mol. The van der Waals surface area contributed by atoms with Gasteiger partial charge in [-0.2, -0.15) is 0 Å². The Morgan fingerprint density at radius 2 is 2.08 bits per heavy atom. The zero-order valence-corrected chi connectivity index (χ0v) is 15.7. The summed E-state index contributed by atoms with van der Waals surface area (Å²) in [5, 5.41) is 4.07. The second-order valence-electron chi connectivity index (χ2n) is 7.76. The highest BCUT2D eigenvalue weighted by Gasteiger charge is 2.60. The number of hydrogen-bond donors (Lipinski definition) is 0. The van der Waals surface area contributed by atoms with E-state index in [1.54, 1.807) is 0 Å². The number of rotatable bonds is 4. The standard InChI is InChI=1S/C19H28N4O2/c1-5-17-20-19(18(24)23(17)6-2)8-7-14-9-22(11-16(14)19)10-15-12(3)21-25-13(15)4/h14,16H,5-11H2,1-4H3/t14-,16+,19-/m1/s1. The first-order chi connectivity index (χ1) is 12.0. The third kappa shape index (κ3) is 2.37. The van der Waals surface area contributed by atoms with Crippen LogP contribution in [0.25, 0.3) is 0 Å². The van der Waals surface area contributed by atoms with Gasteiger partial charge in [-0.15, -0.1) is 0 Å². The van der Waals surface area contributed by atoms with Gasteiger partial charge in [-0.3, -0.25) is 19.6 Å². The van der Waals surface area contributed by atoms with E-state index in [9.17, 15) is 4.79 Å². The number of likely N-dealkylation sites (N-methyl/N-ethyl adjacent to an activating group) is 1. The van der Waals surface area contributed by atoms with Crippen molar-refractivity contribution in [3.8, 4) is 0 Å². The van der Waals surface area contributed by atoms with Crippen LogP contribution in [0.5, 0.6) is 0 Å². The van der Waals surface area contributed by atoms with Gasteiger partial charge in [0.1, 0.15) is 17.1 Å². The average molecular weight is 344 g/mol. The number of likely N-dealkylation sites (tertiary alicyclic amines) is 1. The van der Waals surface area contributed by atoms with Gasteiger partial charge in [-0.1, -0.05) is 12.1 Å². The van der Waals surface area contributed by atoms with Crippen LogP contribution in [0.1, 0.15) is 50.1 Å². The summed E-state index contributed by atoms with van der Waals surface area (Å²) in [6.45, 7) is 11.7. The molecule has 1 aromatic heterocycles. The van der Waals surface area contributed by atoms with Gasteiger partial charge in [-0.05, 0) is 39.5 Å². The minimum absolute atomic E-state index is 0.249. The number of aromatic nitrogens is 1. The Bertz CT molecular complexity index is 706. The maximum absolute atomic E-state index is 13.2. The summed E-state index contributed by atoms with van der Waals surface area (Å²) in [4.78, 5) is 22.6. The summed E-state index contributed by atoms with van der Waals surface area (Å²) < 4.78 is 5.31. The van der Waals surface area contributed by atoms with E-state index in [2.05, 4.69) is 17.0 Å². The van der Waals surface area contributed by atoms with Crippen molar-refractivity contribution in [3.63, 3.8) is 0 Å². The van der Waals surface area contributed by atoms with Crippen LogP contribution >= 0.6 is 0 Å². The molecule has 3 aliphatic rings. The van der Waals surface area contributed by atoms with Crippen LogP contribution in [0.2, 0.25) is 0 Å². The average Bonchev–Trinajstić information content (AvgIpc) is 3.30. The van der Waals surface area contributed by atoms with Gasteiger partial charge in [0.15, 0.2) is 0 Å². The van der Waals surface area contributed by atoms with E-state index in [0.29, 0.717) is 11.8 Å². The van der Waals surface area contributed by atoms with Gasteiger partial charge in [0.2, 0.25) is 0 Å². The Balaban J connectivity index is 1.56. The summed E-state index contributed by atoms with van der Waals surface area (Å²) in [6.07, 6.45) is 2.86. The van der Waals surface area contributed by atoms with Crippen molar-refractivity contribution in [3.05, 3.63) is 17.0 Å². The van der Waals surface area contributed by atoms with E-state index in [1.807, 2.05) is 25.7 Å². The van der Waals surface area contributed by atoms with E-state index >= 15 is 0 Å². The van der Waals surface area contributed by atoms with E-state index in [-0.39, 0.29) is 5.91 Å². The number of amides is 1. The molecule has 6 nitrogen and oxygen atoms in total. The molecular formula is C19H28N4O2. The SMILES string of the molecule is CCC1=N[C@@]2(CC[C@@H]3CN(Cc4c(C)noc4C)C[C@@H]32)C(=O)N1CC. The molecule has 1 saturated carbocycles. The predicted octanol–water partition coefficient (Wildman–Crippen LogP) is 2.54. The van der Waals surface area contributed by atoms with Crippen molar-refractivity contribution in [2.75, 3.05) is 19.6 Å². The van der Waals surface area contributed by atoms with Crippen LogP contribution < -0.4 is 0 Å². The molecule has 1 saturated heterocycles. The molecule has 3 atom stereocenters. The molecule has 0 bridgehead atoms. The lowest BCUT2D eigenvalue weighted by Crippen LogP contribution is -2.46. The fourth-order valence-corrected chi connectivity index (χ4v) is 5.16. The van der Waals surface area contributed by atoms with Gasteiger partial charge in [0.25, 0.3) is 5.91 Å². The zero-order valence-electron chi connectivity index (χ0n) is 15.7. The van der Waals surface area contributed by atoms with E-state index < -0.39 is 5.54 Å². The molecule has 2 fully saturated rings. The lowest BCUT2D eigenvalue weighted by Gasteiger charge is -2.28. The van der Waals surface area contributed by atoms with Crippen LogP contribution in [-0.4, -0.2) is 51.9 Å². The van der Waals surface area contributed by atoms with Crippen molar-refractivity contribution in [2.24, 2.45) is 16.8 Å². The molecule has 1 aliphatic carbocycles. The molecule has 1 spiro atoms. The number of carbonyl (C=O) groups excluding carboxylic acids is 1. The van der Waals surface area contributed by atoms with Crippen molar-refractivity contribution in [1.82, 2.24) is 15.0 Å². The summed E-state index contributed by atoms with van der Waals surface area (Å²) in [7, 11) is 0. The molecule has 25 heavy (non-hydrogen) atoms. The Hall–Kier alpha value is -1.69. The first kappa shape index (κ1) is 16.8. The second-order valence-corrected chi connectivity index (χ2v) is 7.76. The number of amidine groups is 1. The minimum atomic E-state index is -0.487. The van der Waals surface area contributed by atoms with Gasteiger partial charge in [0.05, 0.1) is 5.69 Å². The molecule has 1 aromatic rings. The Kier molecular flexibility index (Phi) is 3.98. The molecule has 136 valence electrons. The molecule has 3 heterocycles. The quantitative estimate of drug-likeness (QED) is 0.842. The van der Waals surface area contributed by atoms with Gasteiger partial charge in [0, 0.05) is 44.1 Å². The van der Waals surface area contributed by atoms with Crippen LogP contribution in [-0.2, 0) is 11.3 Å². The summed E-state index contributed by atoms with van der Waals surface area (Å²) in [6, 6.07) is 0. The van der Waals surface area contributed by atoms with Crippen molar-refractivity contribution in [1.29, 1.82) is 0 Å². The molecule has 4 rings (SSSR count). The fraction of sp³-hybridized carbons (Fsp3) is 0.737. The molecule has 0 unspecified atom stereocenters. The Morgan fingerprint density at radius 3 is 2.68 bits per heavy atom. The first-order valence-corrected chi connectivity index (χ1v) is 9.55. The Morgan fingerprint density at radius 1 is 1.28 bits per heavy atom. The third-order valence-electron chi connectivity index (χ3n) is 6.48. The topological polar surface area (TPSA) is 61.9 Å². The summed E-state index contributed by atoms with van der Waals surface area (Å²) in [5.41, 5.74) is 1.68. The third-order valence-corrected chi connectivity index (χ3v) is 6.48. The molecule has 1 amide bonds. The zero-order chi connectivity index (χ0) is 17.8. The Labute approximate surface area is 149 Å². The molecular weight excluding hydrogens is 316 g/mol. The van der Waals surface area contributed by atoms with Crippen LogP contribution in [0, 0.1) is 25.7 Å². The molecule has 0 radical (unpaired) electrons. The normalized spacial score (nSPS) is 32.1. The van der Waals surface area contributed by atoms with Crippen molar-refractivity contribution >= 4 is 11.7 Å². The minimum Gasteiger partial charge on any atom is -0.361 e. The lowest BCUT2D eigenvalue weighted by molar-refractivity contribution is -0.132. The second kappa shape index (κ2) is 5.94. The van der Waals surface area contributed by atoms with Crippen molar-refractivity contribution < 1.29 is 9.32 Å². The van der Waals surface area contributed by atoms with Gasteiger partial charge in [-0.25, -0.2) is 0 Å².